The summed E-state index contributed by atoms with van der Waals surface area (Å²) in [5, 5.41) is 0. The molecule has 8 heteroatoms. The number of pyridine rings is 1. The van der Waals surface area contributed by atoms with E-state index < -0.39 is 19.0 Å². The molecule has 0 amide bonds. The van der Waals surface area contributed by atoms with E-state index in [1.165, 1.54) is 6.07 Å². The van der Waals surface area contributed by atoms with E-state index in [0.29, 0.717) is 23.8 Å². The smallest absolute Gasteiger partial charge is 0.448 e. The average molecular weight is 283 g/mol. The number of Topliss-reactive ketones (excluding diaryl/α,β-unsaturated/α-hetero) is 1. The summed E-state index contributed by atoms with van der Waals surface area (Å²) in [6.45, 7) is -5.09. The van der Waals surface area contributed by atoms with Crippen LogP contribution in [0.3, 0.4) is 0 Å². The van der Waals surface area contributed by atoms with Crippen molar-refractivity contribution in [3.8, 4) is 0 Å². The Bertz CT molecular complexity index is 527. The molecule has 0 radical (unpaired) electrons. The molecule has 92 valence electrons. The van der Waals surface area contributed by atoms with Gasteiger partial charge in [0.1, 0.15) is 0 Å². The van der Waals surface area contributed by atoms with E-state index in [4.69, 9.17) is 0 Å². The zero-order chi connectivity index (χ0) is 12.6. The first kappa shape index (κ1) is 16.2. The molecule has 0 unspecified atom stereocenters. The molecule has 0 spiro atoms. The van der Waals surface area contributed by atoms with Crippen molar-refractivity contribution in [3.63, 3.8) is 0 Å². The van der Waals surface area contributed by atoms with E-state index >= 15 is 0 Å². The molecule has 0 aromatic carbocycles. The van der Waals surface area contributed by atoms with Gasteiger partial charge in [0.2, 0.25) is 5.56 Å². The van der Waals surface area contributed by atoms with E-state index in [1.807, 2.05) is 0 Å². The van der Waals surface area contributed by atoms with Gasteiger partial charge in [-0.1, -0.05) is 0 Å². The molecular formula is C10H10BF3KNO2. The molecule has 0 fully saturated rings. The third kappa shape index (κ3) is 3.57. The van der Waals surface area contributed by atoms with Crippen molar-refractivity contribution in [1.29, 1.82) is 0 Å². The van der Waals surface area contributed by atoms with Crippen LogP contribution in [0.5, 0.6) is 0 Å². The standard InChI is InChI=1S/C10H10BF3NO2.K/c12-11(13,14)6-15-8-2-1-3-9(16)7(8)4-5-10(15)17;/h4-5H,1-3,6H2;/q-1;+1. The minimum atomic E-state index is -5.09. The molecule has 1 aliphatic carbocycles. The van der Waals surface area contributed by atoms with E-state index in [-0.39, 0.29) is 68.4 Å². The van der Waals surface area contributed by atoms with Crippen LogP contribution in [0.15, 0.2) is 16.9 Å². The number of nitrogens with zero attached hydrogens (tertiary/aromatic N) is 1. The maximum absolute atomic E-state index is 12.4. The first-order valence-corrected chi connectivity index (χ1v) is 5.35. The number of ketones is 1. The van der Waals surface area contributed by atoms with Crippen molar-refractivity contribution in [2.24, 2.45) is 0 Å². The van der Waals surface area contributed by atoms with Crippen LogP contribution < -0.4 is 56.9 Å². The Balaban J connectivity index is 0.00000162. The average Bonchev–Trinajstić information content (AvgIpc) is 2.21. The van der Waals surface area contributed by atoms with Crippen LogP contribution >= 0.6 is 0 Å². The summed E-state index contributed by atoms with van der Waals surface area (Å²) in [6.07, 6.45) is -0.0822. The van der Waals surface area contributed by atoms with Crippen molar-refractivity contribution in [3.05, 3.63) is 33.7 Å². The van der Waals surface area contributed by atoms with Crippen LogP contribution in [-0.4, -0.2) is 17.3 Å². The van der Waals surface area contributed by atoms with Crippen LogP contribution in [0, 0.1) is 0 Å². The van der Waals surface area contributed by atoms with Crippen molar-refractivity contribution in [2.75, 3.05) is 0 Å². The number of hydrogen-bond donors (Lipinski definition) is 0. The molecule has 0 atom stereocenters. The molecule has 3 nitrogen and oxygen atoms in total. The zero-order valence-corrected chi connectivity index (χ0v) is 13.1. The summed E-state index contributed by atoms with van der Waals surface area (Å²) in [5.74, 6) is -0.185. The second-order valence-electron chi connectivity index (χ2n) is 4.13. The Labute approximate surface area is 144 Å². The Kier molecular flexibility index (Phi) is 5.43. The van der Waals surface area contributed by atoms with Gasteiger partial charge in [-0.3, -0.25) is 9.59 Å². The molecule has 0 aliphatic heterocycles. The normalized spacial score (nSPS) is 14.9. The maximum Gasteiger partial charge on any atom is 1.00 e. The zero-order valence-electron chi connectivity index (χ0n) is 9.96. The minimum absolute atomic E-state index is 0. The SMILES string of the molecule is O=C1CCCc2c1ccc(=O)n2C[B-](F)(F)F.[K+]. The fraction of sp³-hybridized carbons (Fsp3) is 0.400. The molecular weight excluding hydrogens is 273 g/mol. The molecule has 0 saturated heterocycles. The van der Waals surface area contributed by atoms with Crippen LogP contribution in [0.2, 0.25) is 0 Å². The Morgan fingerprint density at radius 3 is 2.44 bits per heavy atom. The van der Waals surface area contributed by atoms with Gasteiger partial charge in [-0.2, -0.15) is 0 Å². The predicted molar refractivity (Wildman–Crippen MR) is 57.0 cm³/mol. The van der Waals surface area contributed by atoms with Gasteiger partial charge in [-0.15, -0.1) is 0 Å². The Morgan fingerprint density at radius 2 is 1.83 bits per heavy atom. The molecule has 0 saturated carbocycles. The van der Waals surface area contributed by atoms with Gasteiger partial charge >= 0.3 is 58.4 Å². The van der Waals surface area contributed by atoms with Gasteiger partial charge in [-0.05, 0) is 25.4 Å². The largest absolute Gasteiger partial charge is 1.00 e. The van der Waals surface area contributed by atoms with Gasteiger partial charge in [-0.25, -0.2) is 0 Å². The van der Waals surface area contributed by atoms with Crippen molar-refractivity contribution in [1.82, 2.24) is 4.57 Å². The van der Waals surface area contributed by atoms with E-state index in [0.717, 1.165) is 6.07 Å². The maximum atomic E-state index is 12.4. The van der Waals surface area contributed by atoms with E-state index in [1.54, 1.807) is 0 Å². The summed E-state index contributed by atoms with van der Waals surface area (Å²) >= 11 is 0. The molecule has 2 rings (SSSR count). The van der Waals surface area contributed by atoms with Gasteiger partial charge in [0.05, 0.1) is 0 Å². The summed E-state index contributed by atoms with van der Waals surface area (Å²) in [5.41, 5.74) is -0.207. The molecule has 1 aliphatic rings. The summed E-state index contributed by atoms with van der Waals surface area (Å²) in [6, 6.07) is 2.36. The predicted octanol–water partition coefficient (Wildman–Crippen LogP) is -1.24. The second kappa shape index (κ2) is 6.04. The van der Waals surface area contributed by atoms with Crippen LogP contribution in [0.1, 0.15) is 28.9 Å². The number of carbonyl (C=O) groups is 1. The molecule has 1 aromatic rings. The molecule has 1 aromatic heterocycles. The van der Waals surface area contributed by atoms with Crippen molar-refractivity contribution >= 4 is 12.8 Å². The van der Waals surface area contributed by atoms with Gasteiger partial charge in [0.25, 0.3) is 0 Å². The third-order valence-electron chi connectivity index (χ3n) is 2.80. The third-order valence-corrected chi connectivity index (χ3v) is 2.80. The van der Waals surface area contributed by atoms with Crippen LogP contribution in [0.25, 0.3) is 0 Å². The number of hydrogen-bond acceptors (Lipinski definition) is 2. The van der Waals surface area contributed by atoms with Gasteiger partial charge in [0, 0.05) is 23.7 Å². The first-order chi connectivity index (χ1) is 7.88. The fourth-order valence-electron chi connectivity index (χ4n) is 2.10. The first-order valence-electron chi connectivity index (χ1n) is 5.35. The number of carbonyl (C=O) groups excluding carboxylic acids is 1. The number of halogens is 3. The van der Waals surface area contributed by atoms with Gasteiger partial charge < -0.3 is 17.5 Å². The summed E-state index contributed by atoms with van der Waals surface area (Å²) < 4.78 is 37.9. The Hall–Kier alpha value is 0.111. The van der Waals surface area contributed by atoms with Crippen LogP contribution in [0.4, 0.5) is 12.9 Å². The Morgan fingerprint density at radius 1 is 1.17 bits per heavy atom. The topological polar surface area (TPSA) is 39.1 Å². The van der Waals surface area contributed by atoms with Gasteiger partial charge in [0.15, 0.2) is 5.78 Å². The number of rotatable bonds is 2. The summed E-state index contributed by atoms with van der Waals surface area (Å²) in [4.78, 5) is 23.0. The number of aromatic nitrogens is 1. The molecule has 0 bridgehead atoms. The monoisotopic (exact) mass is 283 g/mol. The van der Waals surface area contributed by atoms with Crippen LogP contribution in [-0.2, 0) is 12.9 Å². The van der Waals surface area contributed by atoms with Crippen molar-refractivity contribution in [2.45, 2.75) is 25.7 Å². The fourth-order valence-corrected chi connectivity index (χ4v) is 2.10. The van der Waals surface area contributed by atoms with E-state index in [2.05, 4.69) is 0 Å². The quantitative estimate of drug-likeness (QED) is 0.637. The molecule has 1 heterocycles. The van der Waals surface area contributed by atoms with Crippen molar-refractivity contribution < 1.29 is 69.1 Å². The minimum Gasteiger partial charge on any atom is -0.448 e. The molecule has 18 heavy (non-hydrogen) atoms. The number of fused-ring (bicyclic) bond motifs is 1. The van der Waals surface area contributed by atoms with E-state index in [9.17, 15) is 22.5 Å². The summed E-state index contributed by atoms with van der Waals surface area (Å²) in [7, 11) is 0. The second-order valence-corrected chi connectivity index (χ2v) is 4.13. The molecule has 0 N–H and O–H groups in total.